The first-order chi connectivity index (χ1) is 10.8. The number of rotatable bonds is 2. The molecular formula is C17H23ClN2O3. The maximum absolute atomic E-state index is 12.3. The van der Waals surface area contributed by atoms with E-state index in [0.717, 1.165) is 19.3 Å². The Morgan fingerprint density at radius 2 is 2.17 bits per heavy atom. The normalized spacial score (nSPS) is 22.8. The smallest absolute Gasteiger partial charge is 0.410 e. The van der Waals surface area contributed by atoms with Crippen molar-refractivity contribution in [3.63, 3.8) is 0 Å². The minimum atomic E-state index is -0.470. The van der Waals surface area contributed by atoms with Crippen LogP contribution in [0.4, 0.5) is 4.79 Å². The van der Waals surface area contributed by atoms with Gasteiger partial charge < -0.3 is 14.4 Å². The lowest BCUT2D eigenvalue weighted by Crippen LogP contribution is -2.50. The van der Waals surface area contributed by atoms with E-state index in [9.17, 15) is 4.79 Å². The molecule has 1 aromatic heterocycles. The number of ether oxygens (including phenoxy) is 2. The summed E-state index contributed by atoms with van der Waals surface area (Å²) in [5.41, 5.74) is -0.446. The third-order valence-electron chi connectivity index (χ3n) is 4.37. The summed E-state index contributed by atoms with van der Waals surface area (Å²) in [5.74, 6) is 0.483. The predicted octanol–water partition coefficient (Wildman–Crippen LogP) is 3.90. The molecule has 23 heavy (non-hydrogen) atoms. The molecule has 1 unspecified atom stereocenters. The lowest BCUT2D eigenvalue weighted by molar-refractivity contribution is -0.00949. The van der Waals surface area contributed by atoms with Crippen LogP contribution in [-0.4, -0.2) is 40.8 Å². The number of likely N-dealkylation sites (tertiary alicyclic amines) is 1. The summed E-state index contributed by atoms with van der Waals surface area (Å²) < 4.78 is 11.6. The molecule has 6 heteroatoms. The molecule has 126 valence electrons. The fourth-order valence-corrected chi connectivity index (χ4v) is 3.21. The zero-order valence-electron chi connectivity index (χ0n) is 13.8. The number of halogens is 1. The summed E-state index contributed by atoms with van der Waals surface area (Å²) in [6.07, 6.45) is 4.37. The third-order valence-corrected chi connectivity index (χ3v) is 4.66. The van der Waals surface area contributed by atoms with E-state index in [0.29, 0.717) is 24.0 Å². The second-order valence-electron chi connectivity index (χ2n) is 7.45. The Kier molecular flexibility index (Phi) is 4.17. The van der Waals surface area contributed by atoms with Gasteiger partial charge in [0.1, 0.15) is 16.7 Å². The topological polar surface area (TPSA) is 51.7 Å². The average molecular weight is 339 g/mol. The van der Waals surface area contributed by atoms with Crippen LogP contribution in [0.5, 0.6) is 5.88 Å². The number of hydrogen-bond acceptors (Lipinski definition) is 4. The van der Waals surface area contributed by atoms with Gasteiger partial charge in [0.2, 0.25) is 5.88 Å². The molecule has 5 nitrogen and oxygen atoms in total. The molecule has 1 aliphatic carbocycles. The van der Waals surface area contributed by atoms with Crippen molar-refractivity contribution in [1.82, 2.24) is 9.88 Å². The van der Waals surface area contributed by atoms with E-state index in [1.165, 1.54) is 0 Å². The van der Waals surface area contributed by atoms with Crippen LogP contribution in [0.15, 0.2) is 18.3 Å². The van der Waals surface area contributed by atoms with E-state index in [1.807, 2.05) is 20.8 Å². The minimum absolute atomic E-state index is 0.0238. The van der Waals surface area contributed by atoms with E-state index in [2.05, 4.69) is 4.98 Å². The van der Waals surface area contributed by atoms with Crippen LogP contribution in [0.1, 0.15) is 40.0 Å². The molecule has 3 rings (SSSR count). The molecule has 1 spiro atoms. The van der Waals surface area contributed by atoms with Gasteiger partial charge in [-0.05, 0) is 45.7 Å². The highest BCUT2D eigenvalue weighted by atomic mass is 35.5. The molecule has 1 amide bonds. The lowest BCUT2D eigenvalue weighted by atomic mass is 9.91. The van der Waals surface area contributed by atoms with Crippen LogP contribution in [0.3, 0.4) is 0 Å². The van der Waals surface area contributed by atoms with Crippen molar-refractivity contribution in [2.75, 3.05) is 13.1 Å². The van der Waals surface area contributed by atoms with Gasteiger partial charge in [0.25, 0.3) is 0 Å². The molecule has 0 N–H and O–H groups in total. The van der Waals surface area contributed by atoms with Gasteiger partial charge in [-0.2, -0.15) is 0 Å². The molecule has 1 saturated heterocycles. The Bertz CT molecular complexity index is 596. The van der Waals surface area contributed by atoms with Crippen molar-refractivity contribution < 1.29 is 14.3 Å². The zero-order valence-corrected chi connectivity index (χ0v) is 14.6. The lowest BCUT2D eigenvalue weighted by Gasteiger charge is -2.39. The predicted molar refractivity (Wildman–Crippen MR) is 87.8 cm³/mol. The van der Waals surface area contributed by atoms with Crippen LogP contribution in [0, 0.1) is 5.41 Å². The van der Waals surface area contributed by atoms with Gasteiger partial charge in [0.15, 0.2) is 0 Å². The number of nitrogens with zero attached hydrogens (tertiary/aromatic N) is 2. The highest BCUT2D eigenvalue weighted by molar-refractivity contribution is 6.31. The van der Waals surface area contributed by atoms with Crippen LogP contribution in [0.2, 0.25) is 5.02 Å². The van der Waals surface area contributed by atoms with Gasteiger partial charge >= 0.3 is 6.09 Å². The highest BCUT2D eigenvalue weighted by Crippen LogP contribution is 2.53. The van der Waals surface area contributed by atoms with Crippen LogP contribution >= 0.6 is 11.6 Å². The van der Waals surface area contributed by atoms with Crippen molar-refractivity contribution in [2.45, 2.75) is 51.7 Å². The maximum atomic E-state index is 12.3. The molecule has 2 heterocycles. The van der Waals surface area contributed by atoms with Crippen molar-refractivity contribution in [1.29, 1.82) is 0 Å². The summed E-state index contributed by atoms with van der Waals surface area (Å²) in [4.78, 5) is 18.3. The van der Waals surface area contributed by atoms with Gasteiger partial charge in [0.05, 0.1) is 0 Å². The third kappa shape index (κ3) is 3.71. The Labute approximate surface area is 141 Å². The van der Waals surface area contributed by atoms with E-state index >= 15 is 0 Å². The number of amides is 1. The first-order valence-corrected chi connectivity index (χ1v) is 8.42. The van der Waals surface area contributed by atoms with Crippen LogP contribution < -0.4 is 4.74 Å². The zero-order chi connectivity index (χ0) is 16.7. The summed E-state index contributed by atoms with van der Waals surface area (Å²) in [6, 6.07) is 3.56. The van der Waals surface area contributed by atoms with Gasteiger partial charge in [-0.3, -0.25) is 0 Å². The number of aromatic nitrogens is 1. The van der Waals surface area contributed by atoms with E-state index in [-0.39, 0.29) is 17.6 Å². The number of pyridine rings is 1. The largest absolute Gasteiger partial charge is 0.473 e. The number of hydrogen-bond donors (Lipinski definition) is 0. The molecule has 1 saturated carbocycles. The maximum Gasteiger partial charge on any atom is 0.410 e. The van der Waals surface area contributed by atoms with E-state index in [4.69, 9.17) is 21.1 Å². The van der Waals surface area contributed by atoms with Gasteiger partial charge in [0, 0.05) is 31.1 Å². The Balaban J connectivity index is 1.65. The van der Waals surface area contributed by atoms with Crippen molar-refractivity contribution in [2.24, 2.45) is 5.41 Å². The second kappa shape index (κ2) is 5.86. The fraction of sp³-hybridized carbons (Fsp3) is 0.647. The van der Waals surface area contributed by atoms with E-state index < -0.39 is 5.60 Å². The molecular weight excluding hydrogens is 316 g/mol. The molecule has 0 bridgehead atoms. The van der Waals surface area contributed by atoms with Gasteiger partial charge in [-0.15, -0.1) is 0 Å². The van der Waals surface area contributed by atoms with Gasteiger partial charge in [-0.1, -0.05) is 11.6 Å². The first kappa shape index (κ1) is 16.4. The Morgan fingerprint density at radius 3 is 2.78 bits per heavy atom. The molecule has 1 atom stereocenters. The molecule has 2 fully saturated rings. The second-order valence-corrected chi connectivity index (χ2v) is 7.86. The molecule has 1 aromatic rings. The summed E-state index contributed by atoms with van der Waals surface area (Å²) in [6.45, 7) is 6.97. The number of carbonyl (C=O) groups excluding carboxylic acids is 1. The van der Waals surface area contributed by atoms with Crippen molar-refractivity contribution in [3.8, 4) is 5.88 Å². The quantitative estimate of drug-likeness (QED) is 0.820. The summed E-state index contributed by atoms with van der Waals surface area (Å²) in [7, 11) is 0. The monoisotopic (exact) mass is 338 g/mol. The molecule has 1 aliphatic heterocycles. The minimum Gasteiger partial charge on any atom is -0.473 e. The highest BCUT2D eigenvalue weighted by Gasteiger charge is 2.55. The number of piperidine rings is 1. The van der Waals surface area contributed by atoms with Crippen LogP contribution in [0.25, 0.3) is 0 Å². The number of carbonyl (C=O) groups is 1. The molecule has 0 aromatic carbocycles. The van der Waals surface area contributed by atoms with Gasteiger partial charge in [-0.25, -0.2) is 9.78 Å². The van der Waals surface area contributed by atoms with Crippen molar-refractivity contribution in [3.05, 3.63) is 23.4 Å². The van der Waals surface area contributed by atoms with Crippen LogP contribution in [-0.2, 0) is 4.74 Å². The average Bonchev–Trinajstić information content (AvgIpc) is 3.22. The summed E-state index contributed by atoms with van der Waals surface area (Å²) in [5, 5.41) is 0.526. The molecule has 2 aliphatic rings. The Hall–Kier alpha value is -1.49. The Morgan fingerprint density at radius 1 is 1.43 bits per heavy atom. The SMILES string of the molecule is CC(C)(C)OC(=O)N1CCC(Oc2ncccc2Cl)C2(CC2)C1. The van der Waals surface area contributed by atoms with Crippen molar-refractivity contribution >= 4 is 17.7 Å². The fourth-order valence-electron chi connectivity index (χ4n) is 3.04. The summed E-state index contributed by atoms with van der Waals surface area (Å²) >= 11 is 6.14. The standard InChI is InChI=1S/C17H23ClN2O3/c1-16(2,3)23-15(21)20-10-6-13(17(11-20)7-8-17)22-14-12(18)5-4-9-19-14/h4-5,9,13H,6-8,10-11H2,1-3H3. The van der Waals surface area contributed by atoms with E-state index in [1.54, 1.807) is 23.2 Å². The first-order valence-electron chi connectivity index (χ1n) is 8.04. The molecule has 0 radical (unpaired) electrons.